The van der Waals surface area contributed by atoms with Crippen LogP contribution in [0.4, 0.5) is 0 Å². The summed E-state index contributed by atoms with van der Waals surface area (Å²) in [6.07, 6.45) is 6.18. The number of hydrogen-bond acceptors (Lipinski definition) is 2. The molecule has 4 heteroatoms. The standard InChI is InChI=1S/C10H16N2OS/c11-8(14)10(5-2-6-10)9(13)12-7-3-1-4-7/h7H,1-6H2,(H2,11,14)(H,12,13). The van der Waals surface area contributed by atoms with Crippen LogP contribution in [-0.2, 0) is 4.79 Å². The van der Waals surface area contributed by atoms with Crippen LogP contribution in [0.25, 0.3) is 0 Å². The quantitative estimate of drug-likeness (QED) is 0.689. The van der Waals surface area contributed by atoms with Crippen LogP contribution in [0, 0.1) is 5.41 Å². The zero-order chi connectivity index (χ0) is 10.2. The van der Waals surface area contributed by atoms with Crippen molar-refractivity contribution in [3.8, 4) is 0 Å². The van der Waals surface area contributed by atoms with Crippen LogP contribution >= 0.6 is 12.2 Å². The van der Waals surface area contributed by atoms with Gasteiger partial charge in [0.1, 0.15) is 0 Å². The number of nitrogens with two attached hydrogens (primary N) is 1. The summed E-state index contributed by atoms with van der Waals surface area (Å²) in [5.41, 5.74) is 5.14. The smallest absolute Gasteiger partial charge is 0.233 e. The van der Waals surface area contributed by atoms with E-state index < -0.39 is 5.41 Å². The molecule has 3 N–H and O–H groups in total. The molecule has 2 fully saturated rings. The molecule has 2 saturated carbocycles. The molecule has 2 rings (SSSR count). The molecule has 0 heterocycles. The molecule has 78 valence electrons. The highest BCUT2D eigenvalue weighted by atomic mass is 32.1. The Morgan fingerprint density at radius 1 is 1.36 bits per heavy atom. The van der Waals surface area contributed by atoms with Gasteiger partial charge in [0.05, 0.1) is 10.4 Å². The molecule has 0 atom stereocenters. The van der Waals surface area contributed by atoms with E-state index in [9.17, 15) is 4.79 Å². The molecule has 1 amide bonds. The van der Waals surface area contributed by atoms with Crippen molar-refractivity contribution in [1.29, 1.82) is 0 Å². The van der Waals surface area contributed by atoms with Gasteiger partial charge in [-0.25, -0.2) is 0 Å². The Morgan fingerprint density at radius 2 is 2.00 bits per heavy atom. The summed E-state index contributed by atoms with van der Waals surface area (Å²) in [5, 5.41) is 3.03. The summed E-state index contributed by atoms with van der Waals surface area (Å²) in [7, 11) is 0. The molecule has 3 nitrogen and oxygen atoms in total. The van der Waals surface area contributed by atoms with Gasteiger partial charge >= 0.3 is 0 Å². The van der Waals surface area contributed by atoms with Crippen LogP contribution in [0.1, 0.15) is 38.5 Å². The summed E-state index contributed by atoms with van der Waals surface area (Å²) in [4.78, 5) is 12.3. The van der Waals surface area contributed by atoms with Crippen molar-refractivity contribution in [1.82, 2.24) is 5.32 Å². The first-order chi connectivity index (χ1) is 6.65. The third kappa shape index (κ3) is 1.41. The van der Waals surface area contributed by atoms with Gasteiger partial charge in [0.15, 0.2) is 0 Å². The fraction of sp³-hybridized carbons (Fsp3) is 0.800. The van der Waals surface area contributed by atoms with Crippen LogP contribution in [0.3, 0.4) is 0 Å². The summed E-state index contributed by atoms with van der Waals surface area (Å²) in [6, 6.07) is 0.384. The number of thiocarbonyl (C=S) groups is 1. The van der Waals surface area contributed by atoms with E-state index in [4.69, 9.17) is 18.0 Å². The highest BCUT2D eigenvalue weighted by Gasteiger charge is 2.47. The monoisotopic (exact) mass is 212 g/mol. The van der Waals surface area contributed by atoms with E-state index in [0.29, 0.717) is 11.0 Å². The van der Waals surface area contributed by atoms with Gasteiger partial charge in [0.2, 0.25) is 5.91 Å². The van der Waals surface area contributed by atoms with Gasteiger partial charge in [-0.2, -0.15) is 0 Å². The van der Waals surface area contributed by atoms with Gasteiger partial charge in [0, 0.05) is 6.04 Å². The predicted molar refractivity (Wildman–Crippen MR) is 58.9 cm³/mol. The molecule has 2 aliphatic carbocycles. The third-order valence-electron chi connectivity index (χ3n) is 3.55. The molecule has 14 heavy (non-hydrogen) atoms. The Balaban J connectivity index is 1.97. The SMILES string of the molecule is NC(=S)C1(C(=O)NC2CCC2)CCC1. The lowest BCUT2D eigenvalue weighted by atomic mass is 9.67. The summed E-state index contributed by atoms with van der Waals surface area (Å²) in [6.45, 7) is 0. The number of carbonyl (C=O) groups excluding carboxylic acids is 1. The van der Waals surface area contributed by atoms with Gasteiger partial charge in [-0.05, 0) is 32.1 Å². The second kappa shape index (κ2) is 3.50. The van der Waals surface area contributed by atoms with E-state index in [0.717, 1.165) is 32.1 Å². The maximum atomic E-state index is 11.9. The number of amides is 1. The predicted octanol–water partition coefficient (Wildman–Crippen LogP) is 1.11. The normalized spacial score (nSPS) is 24.6. The minimum atomic E-state index is -0.495. The summed E-state index contributed by atoms with van der Waals surface area (Å²) in [5.74, 6) is 0.0703. The van der Waals surface area contributed by atoms with Gasteiger partial charge in [-0.1, -0.05) is 18.6 Å². The summed E-state index contributed by atoms with van der Waals surface area (Å²) >= 11 is 4.98. The third-order valence-corrected chi connectivity index (χ3v) is 3.94. The largest absolute Gasteiger partial charge is 0.392 e. The highest BCUT2D eigenvalue weighted by Crippen LogP contribution is 2.41. The van der Waals surface area contributed by atoms with Crippen LogP contribution in [0.2, 0.25) is 0 Å². The first-order valence-corrected chi connectivity index (χ1v) is 5.67. The lowest BCUT2D eigenvalue weighted by Crippen LogP contribution is -2.56. The molecule has 0 aromatic carbocycles. The maximum Gasteiger partial charge on any atom is 0.233 e. The van der Waals surface area contributed by atoms with Gasteiger partial charge in [-0.3, -0.25) is 4.79 Å². The Morgan fingerprint density at radius 3 is 2.29 bits per heavy atom. The molecule has 2 aliphatic rings. The van der Waals surface area contributed by atoms with E-state index in [1.54, 1.807) is 0 Å². The Labute approximate surface area is 89.4 Å². The Hall–Kier alpha value is -0.640. The van der Waals surface area contributed by atoms with E-state index in [1.807, 2.05) is 0 Å². The van der Waals surface area contributed by atoms with E-state index in [2.05, 4.69) is 5.32 Å². The summed E-state index contributed by atoms with van der Waals surface area (Å²) < 4.78 is 0. The Kier molecular flexibility index (Phi) is 2.47. The molecule has 0 aromatic rings. The molecule has 0 spiro atoms. The van der Waals surface area contributed by atoms with Gasteiger partial charge in [-0.15, -0.1) is 0 Å². The maximum absolute atomic E-state index is 11.9. The van der Waals surface area contributed by atoms with Crippen molar-refractivity contribution in [2.45, 2.75) is 44.6 Å². The van der Waals surface area contributed by atoms with Crippen molar-refractivity contribution in [3.63, 3.8) is 0 Å². The highest BCUT2D eigenvalue weighted by molar-refractivity contribution is 7.80. The van der Waals surface area contributed by atoms with Gasteiger partial charge < -0.3 is 11.1 Å². The van der Waals surface area contributed by atoms with Crippen molar-refractivity contribution in [2.24, 2.45) is 11.1 Å². The topological polar surface area (TPSA) is 55.1 Å². The molecule has 0 aromatic heterocycles. The number of rotatable bonds is 3. The molecule has 0 aliphatic heterocycles. The molecule has 0 unspecified atom stereocenters. The van der Waals surface area contributed by atoms with Crippen molar-refractivity contribution < 1.29 is 4.79 Å². The first-order valence-electron chi connectivity index (χ1n) is 5.26. The lowest BCUT2D eigenvalue weighted by molar-refractivity contribution is -0.132. The minimum Gasteiger partial charge on any atom is -0.392 e. The fourth-order valence-electron chi connectivity index (χ4n) is 1.99. The van der Waals surface area contributed by atoms with Crippen LogP contribution in [-0.4, -0.2) is 16.9 Å². The minimum absolute atomic E-state index is 0.0703. The van der Waals surface area contributed by atoms with Crippen LogP contribution < -0.4 is 11.1 Å². The average Bonchev–Trinajstić information content (AvgIpc) is 1.93. The molecule has 0 bridgehead atoms. The lowest BCUT2D eigenvalue weighted by Gasteiger charge is -2.41. The van der Waals surface area contributed by atoms with Crippen molar-refractivity contribution >= 4 is 23.1 Å². The Bertz CT molecular complexity index is 269. The first kappa shape index (κ1) is 9.90. The average molecular weight is 212 g/mol. The zero-order valence-corrected chi connectivity index (χ0v) is 9.03. The van der Waals surface area contributed by atoms with Crippen molar-refractivity contribution in [2.75, 3.05) is 0 Å². The number of carbonyl (C=O) groups is 1. The molecular weight excluding hydrogens is 196 g/mol. The van der Waals surface area contributed by atoms with E-state index in [-0.39, 0.29) is 5.91 Å². The van der Waals surface area contributed by atoms with Crippen LogP contribution in [0.15, 0.2) is 0 Å². The van der Waals surface area contributed by atoms with E-state index >= 15 is 0 Å². The van der Waals surface area contributed by atoms with E-state index in [1.165, 1.54) is 6.42 Å². The fourth-order valence-corrected chi connectivity index (χ4v) is 2.29. The zero-order valence-electron chi connectivity index (χ0n) is 8.21. The number of hydrogen-bond donors (Lipinski definition) is 2. The molecule has 0 radical (unpaired) electrons. The molecule has 0 saturated heterocycles. The van der Waals surface area contributed by atoms with Gasteiger partial charge in [0.25, 0.3) is 0 Å². The second-order valence-corrected chi connectivity index (χ2v) is 4.84. The molecular formula is C10H16N2OS. The second-order valence-electron chi connectivity index (χ2n) is 4.40. The van der Waals surface area contributed by atoms with Crippen molar-refractivity contribution in [3.05, 3.63) is 0 Å². The number of nitrogens with one attached hydrogen (secondary N) is 1. The van der Waals surface area contributed by atoms with Crippen LogP contribution in [0.5, 0.6) is 0 Å².